The number of fused-ring (bicyclic) bond motifs is 1. The Balaban J connectivity index is 2.26. The second-order valence-corrected chi connectivity index (χ2v) is 4.32. The Labute approximate surface area is 99.1 Å². The first-order chi connectivity index (χ1) is 8.27. The highest BCUT2D eigenvalue weighted by Crippen LogP contribution is 2.29. The summed E-state index contributed by atoms with van der Waals surface area (Å²) < 4.78 is 0.789. The second-order valence-electron chi connectivity index (χ2n) is 4.32. The largest absolute Gasteiger partial charge is 0.618 e. The van der Waals surface area contributed by atoms with Crippen LogP contribution in [0.2, 0.25) is 0 Å². The van der Waals surface area contributed by atoms with Crippen molar-refractivity contribution in [3.63, 3.8) is 0 Å². The summed E-state index contributed by atoms with van der Waals surface area (Å²) in [5.41, 5.74) is 8.50. The van der Waals surface area contributed by atoms with Crippen LogP contribution in [-0.4, -0.2) is 18.1 Å². The van der Waals surface area contributed by atoms with Crippen molar-refractivity contribution < 1.29 is 4.73 Å². The van der Waals surface area contributed by atoms with Gasteiger partial charge in [-0.2, -0.15) is 4.73 Å². The van der Waals surface area contributed by atoms with Gasteiger partial charge in [-0.05, 0) is 25.0 Å². The molecule has 88 valence electrons. The molecule has 2 N–H and O–H groups in total. The van der Waals surface area contributed by atoms with Crippen LogP contribution in [0.5, 0.6) is 0 Å². The third-order valence-electron chi connectivity index (χ3n) is 3.23. The monoisotopic (exact) mass is 230 g/mol. The van der Waals surface area contributed by atoms with Gasteiger partial charge in [0.15, 0.2) is 11.7 Å². The standard InChI is InChI=1S/C12H14N4O/c13-9-3-4-10(15-6-1-2-7-15)11-12(9)16(17)8-5-14-11/h3-5,8H,1-2,6-7,13H2. The minimum absolute atomic E-state index is 0.469. The maximum atomic E-state index is 11.7. The van der Waals surface area contributed by atoms with Gasteiger partial charge in [-0.1, -0.05) is 0 Å². The zero-order valence-electron chi connectivity index (χ0n) is 9.47. The molecule has 0 bridgehead atoms. The predicted octanol–water partition coefficient (Wildman–Crippen LogP) is 1.05. The molecular formula is C12H14N4O. The van der Waals surface area contributed by atoms with Gasteiger partial charge in [-0.25, -0.2) is 4.98 Å². The van der Waals surface area contributed by atoms with Crippen LogP contribution in [0.25, 0.3) is 11.0 Å². The van der Waals surface area contributed by atoms with E-state index in [9.17, 15) is 5.21 Å². The molecule has 2 heterocycles. The van der Waals surface area contributed by atoms with E-state index < -0.39 is 0 Å². The van der Waals surface area contributed by atoms with Crippen LogP contribution in [0.15, 0.2) is 24.5 Å². The molecular weight excluding hydrogens is 216 g/mol. The van der Waals surface area contributed by atoms with E-state index in [4.69, 9.17) is 5.73 Å². The van der Waals surface area contributed by atoms with Gasteiger partial charge in [0.1, 0.15) is 5.69 Å². The smallest absolute Gasteiger partial charge is 0.267 e. The number of benzene rings is 1. The first kappa shape index (κ1) is 10.1. The molecule has 1 aromatic carbocycles. The third-order valence-corrected chi connectivity index (χ3v) is 3.23. The lowest BCUT2D eigenvalue weighted by Gasteiger charge is -2.18. The van der Waals surface area contributed by atoms with E-state index in [-0.39, 0.29) is 0 Å². The fourth-order valence-corrected chi connectivity index (χ4v) is 2.40. The molecule has 17 heavy (non-hydrogen) atoms. The zero-order chi connectivity index (χ0) is 11.8. The van der Waals surface area contributed by atoms with Crippen LogP contribution < -0.4 is 15.4 Å². The Morgan fingerprint density at radius 1 is 1.29 bits per heavy atom. The lowest BCUT2D eigenvalue weighted by atomic mass is 10.2. The van der Waals surface area contributed by atoms with Crippen LogP contribution >= 0.6 is 0 Å². The summed E-state index contributed by atoms with van der Waals surface area (Å²) in [4.78, 5) is 6.56. The van der Waals surface area contributed by atoms with Crippen molar-refractivity contribution in [2.75, 3.05) is 23.7 Å². The molecule has 0 aliphatic carbocycles. The minimum atomic E-state index is 0.469. The van der Waals surface area contributed by atoms with Gasteiger partial charge in [0.05, 0.1) is 11.9 Å². The Bertz CT molecular complexity index is 555. The first-order valence-electron chi connectivity index (χ1n) is 5.78. The number of hydrogen-bond donors (Lipinski definition) is 1. The number of nitrogens with two attached hydrogens (primary N) is 1. The molecule has 0 radical (unpaired) electrons. The zero-order valence-corrected chi connectivity index (χ0v) is 9.47. The van der Waals surface area contributed by atoms with Gasteiger partial charge in [0, 0.05) is 13.1 Å². The Morgan fingerprint density at radius 2 is 2.06 bits per heavy atom. The van der Waals surface area contributed by atoms with Gasteiger partial charge in [0.2, 0.25) is 0 Å². The molecule has 1 aliphatic rings. The first-order valence-corrected chi connectivity index (χ1v) is 5.78. The average molecular weight is 230 g/mol. The van der Waals surface area contributed by atoms with Crippen LogP contribution in [0.1, 0.15) is 12.8 Å². The maximum Gasteiger partial charge on any atom is 0.267 e. The van der Waals surface area contributed by atoms with E-state index in [0.29, 0.717) is 16.7 Å². The molecule has 1 aromatic heterocycles. The molecule has 2 aromatic rings. The summed E-state index contributed by atoms with van der Waals surface area (Å²) in [6.45, 7) is 2.04. The van der Waals surface area contributed by atoms with Crippen LogP contribution in [-0.2, 0) is 0 Å². The van der Waals surface area contributed by atoms with Gasteiger partial charge < -0.3 is 15.8 Å². The Hall–Kier alpha value is -2.04. The van der Waals surface area contributed by atoms with E-state index in [1.807, 2.05) is 6.07 Å². The molecule has 1 aliphatic heterocycles. The SMILES string of the molecule is Nc1ccc(N2CCCC2)c2ncc[n+]([O-])c12. The molecule has 1 fully saturated rings. The summed E-state index contributed by atoms with van der Waals surface area (Å²) in [7, 11) is 0. The number of rotatable bonds is 1. The van der Waals surface area contributed by atoms with Crippen molar-refractivity contribution in [2.45, 2.75) is 12.8 Å². The van der Waals surface area contributed by atoms with Crippen LogP contribution in [0.3, 0.4) is 0 Å². The molecule has 0 atom stereocenters. The summed E-state index contributed by atoms with van der Waals surface area (Å²) in [6.07, 6.45) is 5.28. The lowest BCUT2D eigenvalue weighted by Crippen LogP contribution is -2.28. The van der Waals surface area contributed by atoms with Crippen molar-refractivity contribution >= 4 is 22.4 Å². The van der Waals surface area contributed by atoms with Gasteiger partial charge >= 0.3 is 0 Å². The topological polar surface area (TPSA) is 69.1 Å². The van der Waals surface area contributed by atoms with Crippen molar-refractivity contribution in [3.8, 4) is 0 Å². The molecule has 0 amide bonds. The molecule has 5 heteroatoms. The van der Waals surface area contributed by atoms with E-state index in [1.54, 1.807) is 6.07 Å². The number of hydrogen-bond acceptors (Lipinski definition) is 4. The molecule has 1 saturated heterocycles. The van der Waals surface area contributed by atoms with E-state index in [2.05, 4.69) is 9.88 Å². The number of anilines is 2. The summed E-state index contributed by atoms with van der Waals surface area (Å²) in [5.74, 6) is 0. The third kappa shape index (κ3) is 1.54. The average Bonchev–Trinajstić information content (AvgIpc) is 2.83. The highest BCUT2D eigenvalue weighted by atomic mass is 16.5. The summed E-state index contributed by atoms with van der Waals surface area (Å²) >= 11 is 0. The lowest BCUT2D eigenvalue weighted by molar-refractivity contribution is -0.576. The highest BCUT2D eigenvalue weighted by Gasteiger charge is 2.19. The highest BCUT2D eigenvalue weighted by molar-refractivity contribution is 5.93. The van der Waals surface area contributed by atoms with Crippen molar-refractivity contribution in [1.82, 2.24) is 4.98 Å². The molecule has 0 spiro atoms. The van der Waals surface area contributed by atoms with Crippen LogP contribution in [0, 0.1) is 5.21 Å². The van der Waals surface area contributed by atoms with Crippen molar-refractivity contribution in [3.05, 3.63) is 29.7 Å². The maximum absolute atomic E-state index is 11.7. The number of nitrogens with zero attached hydrogens (tertiary/aromatic N) is 3. The van der Waals surface area contributed by atoms with Gasteiger partial charge in [0.25, 0.3) is 5.52 Å². The normalized spacial score (nSPS) is 15.6. The minimum Gasteiger partial charge on any atom is -0.618 e. The van der Waals surface area contributed by atoms with Crippen LogP contribution in [0.4, 0.5) is 11.4 Å². The van der Waals surface area contributed by atoms with Gasteiger partial charge in [-0.3, -0.25) is 0 Å². The number of nitrogen functional groups attached to an aromatic ring is 1. The van der Waals surface area contributed by atoms with Crippen molar-refractivity contribution in [1.29, 1.82) is 0 Å². The Morgan fingerprint density at radius 3 is 2.82 bits per heavy atom. The molecule has 0 unspecified atom stereocenters. The Kier molecular flexibility index (Phi) is 2.24. The molecule has 0 saturated carbocycles. The van der Waals surface area contributed by atoms with E-state index in [0.717, 1.165) is 23.5 Å². The van der Waals surface area contributed by atoms with E-state index >= 15 is 0 Å². The predicted molar refractivity (Wildman–Crippen MR) is 66.6 cm³/mol. The van der Waals surface area contributed by atoms with Gasteiger partial charge in [-0.15, -0.1) is 0 Å². The summed E-state index contributed by atoms with van der Waals surface area (Å²) in [5, 5.41) is 11.7. The molecule has 3 rings (SSSR count). The fourth-order valence-electron chi connectivity index (χ4n) is 2.40. The quantitative estimate of drug-likeness (QED) is 0.451. The van der Waals surface area contributed by atoms with E-state index in [1.165, 1.54) is 25.2 Å². The van der Waals surface area contributed by atoms with Crippen molar-refractivity contribution in [2.24, 2.45) is 0 Å². The number of aromatic nitrogens is 2. The second kappa shape index (κ2) is 3.76. The molecule has 5 nitrogen and oxygen atoms in total. The fraction of sp³-hybridized carbons (Fsp3) is 0.333. The summed E-state index contributed by atoms with van der Waals surface area (Å²) in [6, 6.07) is 3.74.